The van der Waals surface area contributed by atoms with Gasteiger partial charge in [0.2, 0.25) is 0 Å². The van der Waals surface area contributed by atoms with E-state index in [0.717, 1.165) is 17.1 Å². The Bertz CT molecular complexity index is 1420. The number of methoxy groups -OCH3 is 1. The van der Waals surface area contributed by atoms with Crippen LogP contribution in [0.4, 0.5) is 0 Å². The van der Waals surface area contributed by atoms with Gasteiger partial charge in [0.25, 0.3) is 0 Å². The maximum atomic E-state index is 12.4. The minimum Gasteiger partial charge on any atom is -0.486 e. The zero-order valence-corrected chi connectivity index (χ0v) is 21.6. The van der Waals surface area contributed by atoms with Crippen LogP contribution in [0.15, 0.2) is 82.3 Å². The van der Waals surface area contributed by atoms with Gasteiger partial charge in [0.1, 0.15) is 23.9 Å². The van der Waals surface area contributed by atoms with Crippen molar-refractivity contribution in [2.45, 2.75) is 33.5 Å². The summed E-state index contributed by atoms with van der Waals surface area (Å²) < 4.78 is 23.8. The van der Waals surface area contributed by atoms with Gasteiger partial charge in [0.05, 0.1) is 13.3 Å². The van der Waals surface area contributed by atoms with Crippen LogP contribution in [-0.4, -0.2) is 35.9 Å². The van der Waals surface area contributed by atoms with E-state index in [4.69, 9.17) is 13.9 Å². The molecular formula is C29H29N3O6. The van der Waals surface area contributed by atoms with Crippen LogP contribution in [0.5, 0.6) is 11.5 Å². The van der Waals surface area contributed by atoms with Gasteiger partial charge in [0.15, 0.2) is 11.9 Å². The molecule has 196 valence electrons. The van der Waals surface area contributed by atoms with Crippen molar-refractivity contribution in [1.82, 2.24) is 9.99 Å². The zero-order chi connectivity index (χ0) is 27.1. The van der Waals surface area contributed by atoms with Gasteiger partial charge in [-0.2, -0.15) is 5.10 Å². The second kappa shape index (κ2) is 12.0. The van der Waals surface area contributed by atoms with E-state index in [-0.39, 0.29) is 12.4 Å². The molecule has 38 heavy (non-hydrogen) atoms. The molecule has 0 spiro atoms. The van der Waals surface area contributed by atoms with E-state index in [9.17, 15) is 9.59 Å². The molecule has 2 aromatic carbocycles. The second-order valence-electron chi connectivity index (χ2n) is 8.55. The molecule has 2 aromatic heterocycles. The highest BCUT2D eigenvalue weighted by atomic mass is 16.6. The lowest BCUT2D eigenvalue weighted by Crippen LogP contribution is -2.24. The highest BCUT2D eigenvalue weighted by Crippen LogP contribution is 2.21. The van der Waals surface area contributed by atoms with Crippen LogP contribution in [0.25, 0.3) is 5.69 Å². The Balaban J connectivity index is 1.28. The number of carbonyl (C=O) groups is 2. The van der Waals surface area contributed by atoms with Gasteiger partial charge in [-0.15, -0.1) is 0 Å². The van der Waals surface area contributed by atoms with Crippen molar-refractivity contribution in [3.05, 3.63) is 101 Å². The van der Waals surface area contributed by atoms with Crippen molar-refractivity contribution in [3.63, 3.8) is 0 Å². The summed E-state index contributed by atoms with van der Waals surface area (Å²) in [7, 11) is 1.30. The molecule has 4 aromatic rings. The summed E-state index contributed by atoms with van der Waals surface area (Å²) in [5.74, 6) is 0.800. The van der Waals surface area contributed by atoms with E-state index in [1.54, 1.807) is 43.3 Å². The molecular weight excluding hydrogens is 486 g/mol. The molecule has 0 saturated heterocycles. The summed E-state index contributed by atoms with van der Waals surface area (Å²) in [4.78, 5) is 23.9. The molecule has 0 fully saturated rings. The highest BCUT2D eigenvalue weighted by molar-refractivity contribution is 5.92. The summed E-state index contributed by atoms with van der Waals surface area (Å²) in [6.45, 7) is 5.90. The normalized spacial score (nSPS) is 11.8. The van der Waals surface area contributed by atoms with Gasteiger partial charge in [-0.3, -0.25) is 4.79 Å². The first-order chi connectivity index (χ1) is 18.3. The van der Waals surface area contributed by atoms with Gasteiger partial charge in [0, 0.05) is 17.1 Å². The summed E-state index contributed by atoms with van der Waals surface area (Å²) in [5.41, 5.74) is 6.48. The van der Waals surface area contributed by atoms with Crippen LogP contribution in [0.2, 0.25) is 0 Å². The molecule has 9 heteroatoms. The number of hydrogen-bond donors (Lipinski definition) is 1. The predicted molar refractivity (Wildman–Crippen MR) is 142 cm³/mol. The van der Waals surface area contributed by atoms with Gasteiger partial charge in [-0.1, -0.05) is 12.1 Å². The number of amides is 1. The maximum Gasteiger partial charge on any atom is 0.346 e. The average molecular weight is 516 g/mol. The van der Waals surface area contributed by atoms with Crippen molar-refractivity contribution in [1.29, 1.82) is 0 Å². The fourth-order valence-electron chi connectivity index (χ4n) is 3.81. The van der Waals surface area contributed by atoms with Crippen LogP contribution in [0.1, 0.15) is 40.2 Å². The molecule has 0 radical (unpaired) electrons. The Morgan fingerprint density at radius 3 is 2.45 bits per heavy atom. The number of benzene rings is 2. The van der Waals surface area contributed by atoms with Crippen molar-refractivity contribution in [3.8, 4) is 17.2 Å². The summed E-state index contributed by atoms with van der Waals surface area (Å²) >= 11 is 0. The third-order valence-electron chi connectivity index (χ3n) is 5.72. The minimum atomic E-state index is -0.748. The number of rotatable bonds is 10. The number of carbonyl (C=O) groups excluding carboxylic acids is 2. The standard InChI is InChI=1S/C29H29N3O6/c1-19-8-9-20(2)32(19)23-10-12-24(13-11-23)36-18-26-14-15-27(38-26)28(33)31-30-17-22-6-5-7-25(16-22)37-21(3)29(34)35-4/h5-17,21H,18H2,1-4H3,(H,31,33)/b30-17+/t21-/m1/s1. The number of aryl methyl sites for hydroxylation is 2. The van der Waals surface area contributed by atoms with Crippen molar-refractivity contribution < 1.29 is 28.2 Å². The summed E-state index contributed by atoms with van der Waals surface area (Å²) in [6, 6.07) is 22.1. The third kappa shape index (κ3) is 6.50. The molecule has 0 aliphatic heterocycles. The van der Waals surface area contributed by atoms with Crippen molar-refractivity contribution in [2.75, 3.05) is 7.11 Å². The Hall–Kier alpha value is -4.79. The van der Waals surface area contributed by atoms with Gasteiger partial charge in [-0.25, -0.2) is 10.2 Å². The SMILES string of the molecule is COC(=O)[C@@H](C)Oc1cccc(/C=N/NC(=O)c2ccc(COc3ccc(-n4c(C)ccc4C)cc3)o2)c1. The van der Waals surface area contributed by atoms with E-state index in [2.05, 4.69) is 45.8 Å². The lowest BCUT2D eigenvalue weighted by Gasteiger charge is -2.12. The van der Waals surface area contributed by atoms with E-state index in [0.29, 0.717) is 22.8 Å². The van der Waals surface area contributed by atoms with Crippen LogP contribution in [0.3, 0.4) is 0 Å². The number of nitrogens with one attached hydrogen (secondary N) is 1. The lowest BCUT2D eigenvalue weighted by molar-refractivity contribution is -0.147. The maximum absolute atomic E-state index is 12.4. The van der Waals surface area contributed by atoms with Crippen LogP contribution >= 0.6 is 0 Å². The number of nitrogens with zero attached hydrogens (tertiary/aromatic N) is 2. The number of hydrazone groups is 1. The molecule has 0 saturated carbocycles. The number of esters is 1. The largest absolute Gasteiger partial charge is 0.486 e. The number of hydrogen-bond acceptors (Lipinski definition) is 7. The number of furan rings is 1. The van der Waals surface area contributed by atoms with Crippen LogP contribution in [-0.2, 0) is 16.1 Å². The Labute approximate surface area is 220 Å². The zero-order valence-electron chi connectivity index (χ0n) is 21.6. The monoisotopic (exact) mass is 515 g/mol. The Morgan fingerprint density at radius 1 is 1.00 bits per heavy atom. The van der Waals surface area contributed by atoms with E-state index in [1.807, 2.05) is 24.3 Å². The van der Waals surface area contributed by atoms with Crippen molar-refractivity contribution in [2.24, 2.45) is 5.10 Å². The molecule has 1 amide bonds. The molecule has 0 aliphatic carbocycles. The second-order valence-corrected chi connectivity index (χ2v) is 8.55. The fraction of sp³-hybridized carbons (Fsp3) is 0.207. The van der Waals surface area contributed by atoms with E-state index < -0.39 is 18.0 Å². The van der Waals surface area contributed by atoms with E-state index in [1.165, 1.54) is 13.3 Å². The first kappa shape index (κ1) is 26.3. The Morgan fingerprint density at radius 2 is 1.74 bits per heavy atom. The topological polar surface area (TPSA) is 104 Å². The van der Waals surface area contributed by atoms with Crippen LogP contribution in [0, 0.1) is 13.8 Å². The first-order valence-electron chi connectivity index (χ1n) is 12.0. The summed E-state index contributed by atoms with van der Waals surface area (Å²) in [6.07, 6.45) is 0.711. The smallest absolute Gasteiger partial charge is 0.346 e. The fourth-order valence-corrected chi connectivity index (χ4v) is 3.81. The number of aromatic nitrogens is 1. The molecule has 1 N–H and O–H groups in total. The molecule has 0 aliphatic rings. The van der Waals surface area contributed by atoms with Crippen molar-refractivity contribution >= 4 is 18.1 Å². The quantitative estimate of drug-likeness (QED) is 0.182. The summed E-state index contributed by atoms with van der Waals surface area (Å²) in [5, 5.41) is 3.97. The van der Waals surface area contributed by atoms with E-state index >= 15 is 0 Å². The third-order valence-corrected chi connectivity index (χ3v) is 5.72. The van der Waals surface area contributed by atoms with Gasteiger partial charge >= 0.3 is 11.9 Å². The minimum absolute atomic E-state index is 0.110. The first-order valence-corrected chi connectivity index (χ1v) is 12.0. The molecule has 0 bridgehead atoms. The Kier molecular flexibility index (Phi) is 8.27. The average Bonchev–Trinajstić information content (AvgIpc) is 3.53. The van der Waals surface area contributed by atoms with Gasteiger partial charge < -0.3 is 23.2 Å². The van der Waals surface area contributed by atoms with Crippen LogP contribution < -0.4 is 14.9 Å². The highest BCUT2D eigenvalue weighted by Gasteiger charge is 2.15. The lowest BCUT2D eigenvalue weighted by atomic mass is 10.2. The van der Waals surface area contributed by atoms with Gasteiger partial charge in [-0.05, 0) is 87.0 Å². The predicted octanol–water partition coefficient (Wildman–Crippen LogP) is 4.97. The molecule has 2 heterocycles. The molecule has 9 nitrogen and oxygen atoms in total. The molecule has 4 rings (SSSR count). The molecule has 0 unspecified atom stereocenters. The molecule has 1 atom stereocenters. The number of ether oxygens (including phenoxy) is 3.